The van der Waals surface area contributed by atoms with Crippen LogP contribution in [0.3, 0.4) is 0 Å². The van der Waals surface area contributed by atoms with Crippen molar-refractivity contribution in [1.29, 1.82) is 0 Å². The maximum Gasteiger partial charge on any atom is 0.225 e. The van der Waals surface area contributed by atoms with Crippen LogP contribution in [0.15, 0.2) is 55.0 Å². The van der Waals surface area contributed by atoms with Crippen molar-refractivity contribution < 1.29 is 9.84 Å². The molecule has 4 heteroatoms. The van der Waals surface area contributed by atoms with Gasteiger partial charge in [0.05, 0.1) is 0 Å². The minimum atomic E-state index is -0.892. The third-order valence-corrected chi connectivity index (χ3v) is 3.47. The van der Waals surface area contributed by atoms with Gasteiger partial charge in [0.25, 0.3) is 0 Å². The summed E-state index contributed by atoms with van der Waals surface area (Å²) in [6, 6.07) is 11.6. The Kier molecular flexibility index (Phi) is 2.37. The first kappa shape index (κ1) is 11.3. The predicted octanol–water partition coefficient (Wildman–Crippen LogP) is 2.85. The normalized spacial score (nSPS) is 19.2. The Morgan fingerprint density at radius 1 is 1.15 bits per heavy atom. The van der Waals surface area contributed by atoms with Gasteiger partial charge in [-0.25, -0.2) is 4.98 Å². The van der Waals surface area contributed by atoms with Gasteiger partial charge in [0.15, 0.2) is 0 Å². The lowest BCUT2D eigenvalue weighted by molar-refractivity contribution is -0.0289. The average Bonchev–Trinajstić information content (AvgIpc) is 3.06. The summed E-state index contributed by atoms with van der Waals surface area (Å²) in [5, 5.41) is 9.92. The molecule has 0 fully saturated rings. The molecule has 0 bridgehead atoms. The average molecular weight is 264 g/mol. The number of imidazole rings is 1. The van der Waals surface area contributed by atoms with Crippen LogP contribution in [0.5, 0.6) is 0 Å². The SMILES string of the molecule is OC1O/C(=C\c2cccn3ccnc23)c2ccccc21. The molecule has 1 N–H and O–H groups in total. The van der Waals surface area contributed by atoms with Crippen molar-refractivity contribution in [3.05, 3.63) is 71.7 Å². The minimum absolute atomic E-state index is 0.671. The molecule has 0 amide bonds. The van der Waals surface area contributed by atoms with E-state index in [9.17, 15) is 5.11 Å². The zero-order chi connectivity index (χ0) is 13.5. The quantitative estimate of drug-likeness (QED) is 0.735. The number of ether oxygens (including phenoxy) is 1. The van der Waals surface area contributed by atoms with Crippen molar-refractivity contribution in [2.45, 2.75) is 6.29 Å². The second-order valence-electron chi connectivity index (χ2n) is 4.69. The molecular weight excluding hydrogens is 252 g/mol. The number of benzene rings is 1. The summed E-state index contributed by atoms with van der Waals surface area (Å²) in [6.45, 7) is 0. The van der Waals surface area contributed by atoms with Gasteiger partial charge in [-0.2, -0.15) is 0 Å². The Morgan fingerprint density at radius 3 is 3.00 bits per heavy atom. The fourth-order valence-corrected chi connectivity index (χ4v) is 2.52. The van der Waals surface area contributed by atoms with Crippen LogP contribution in [0.4, 0.5) is 0 Å². The van der Waals surface area contributed by atoms with E-state index < -0.39 is 6.29 Å². The van der Waals surface area contributed by atoms with Crippen LogP contribution in [0.2, 0.25) is 0 Å². The molecule has 0 radical (unpaired) electrons. The third-order valence-electron chi connectivity index (χ3n) is 3.47. The lowest BCUT2D eigenvalue weighted by Gasteiger charge is -2.04. The number of aliphatic hydroxyl groups excluding tert-OH is 1. The van der Waals surface area contributed by atoms with Crippen molar-refractivity contribution in [3.8, 4) is 0 Å². The highest BCUT2D eigenvalue weighted by Gasteiger charge is 2.25. The summed E-state index contributed by atoms with van der Waals surface area (Å²) in [5.41, 5.74) is 3.54. The largest absolute Gasteiger partial charge is 0.460 e. The van der Waals surface area contributed by atoms with Crippen molar-refractivity contribution in [3.63, 3.8) is 0 Å². The molecule has 1 aromatic carbocycles. The Bertz CT molecular complexity index is 820. The number of hydrogen-bond donors (Lipinski definition) is 1. The van der Waals surface area contributed by atoms with Gasteiger partial charge in [0.2, 0.25) is 6.29 Å². The van der Waals surface area contributed by atoms with E-state index in [1.807, 2.05) is 59.3 Å². The Labute approximate surface area is 115 Å². The zero-order valence-corrected chi connectivity index (χ0v) is 10.6. The van der Waals surface area contributed by atoms with Gasteiger partial charge in [0.1, 0.15) is 11.4 Å². The number of aliphatic hydroxyl groups is 1. The molecule has 3 heterocycles. The standard InChI is InChI=1S/C16H12N2O2/c19-16-13-6-2-1-5-12(13)14(20-16)10-11-4-3-8-18-9-7-17-15(11)18/h1-10,16,19H/b14-10-. The highest BCUT2D eigenvalue weighted by atomic mass is 16.6. The van der Waals surface area contributed by atoms with E-state index in [0.29, 0.717) is 5.76 Å². The molecule has 0 saturated carbocycles. The molecule has 2 aromatic heterocycles. The van der Waals surface area contributed by atoms with Gasteiger partial charge in [0, 0.05) is 35.3 Å². The van der Waals surface area contributed by atoms with Crippen molar-refractivity contribution in [1.82, 2.24) is 9.38 Å². The second kappa shape index (κ2) is 4.21. The monoisotopic (exact) mass is 264 g/mol. The summed E-state index contributed by atoms with van der Waals surface area (Å²) in [4.78, 5) is 4.34. The first-order valence-electron chi connectivity index (χ1n) is 6.40. The lowest BCUT2D eigenvalue weighted by Crippen LogP contribution is -1.91. The number of rotatable bonds is 1. The van der Waals surface area contributed by atoms with Gasteiger partial charge >= 0.3 is 0 Å². The Morgan fingerprint density at radius 2 is 2.05 bits per heavy atom. The summed E-state index contributed by atoms with van der Waals surface area (Å²) in [5.74, 6) is 0.671. The van der Waals surface area contributed by atoms with E-state index in [2.05, 4.69) is 4.98 Å². The van der Waals surface area contributed by atoms with Crippen LogP contribution in [0.25, 0.3) is 17.5 Å². The smallest absolute Gasteiger partial charge is 0.225 e. The van der Waals surface area contributed by atoms with E-state index in [-0.39, 0.29) is 0 Å². The van der Waals surface area contributed by atoms with Crippen LogP contribution in [0, 0.1) is 0 Å². The molecule has 1 aliphatic heterocycles. The van der Waals surface area contributed by atoms with Crippen molar-refractivity contribution >= 4 is 17.5 Å². The molecule has 0 aliphatic carbocycles. The summed E-state index contributed by atoms with van der Waals surface area (Å²) in [6.07, 6.45) is 6.63. The van der Waals surface area contributed by atoms with Crippen LogP contribution in [-0.4, -0.2) is 14.5 Å². The Hall–Kier alpha value is -2.59. The fourth-order valence-electron chi connectivity index (χ4n) is 2.52. The van der Waals surface area contributed by atoms with Gasteiger partial charge in [-0.15, -0.1) is 0 Å². The highest BCUT2D eigenvalue weighted by Crippen LogP contribution is 2.37. The number of pyridine rings is 1. The van der Waals surface area contributed by atoms with Crippen molar-refractivity contribution in [2.75, 3.05) is 0 Å². The van der Waals surface area contributed by atoms with Crippen molar-refractivity contribution in [2.24, 2.45) is 0 Å². The molecule has 3 aromatic rings. The predicted molar refractivity (Wildman–Crippen MR) is 75.5 cm³/mol. The highest BCUT2D eigenvalue weighted by molar-refractivity contribution is 5.84. The molecule has 1 unspecified atom stereocenters. The van der Waals surface area contributed by atoms with Crippen LogP contribution >= 0.6 is 0 Å². The fraction of sp³-hybridized carbons (Fsp3) is 0.0625. The molecule has 20 heavy (non-hydrogen) atoms. The molecule has 4 nitrogen and oxygen atoms in total. The molecule has 4 rings (SSSR count). The number of hydrogen-bond acceptors (Lipinski definition) is 3. The van der Waals surface area contributed by atoms with E-state index in [0.717, 1.165) is 22.3 Å². The van der Waals surface area contributed by atoms with Crippen LogP contribution in [-0.2, 0) is 4.74 Å². The molecule has 1 atom stereocenters. The zero-order valence-electron chi connectivity index (χ0n) is 10.6. The topological polar surface area (TPSA) is 46.8 Å². The molecule has 0 spiro atoms. The Balaban J connectivity index is 1.88. The second-order valence-corrected chi connectivity index (χ2v) is 4.69. The summed E-state index contributed by atoms with van der Waals surface area (Å²) in [7, 11) is 0. The van der Waals surface area contributed by atoms with Gasteiger partial charge in [-0.05, 0) is 18.2 Å². The van der Waals surface area contributed by atoms with E-state index in [1.165, 1.54) is 0 Å². The first-order chi connectivity index (χ1) is 9.83. The molecule has 0 saturated heterocycles. The molecule has 98 valence electrons. The van der Waals surface area contributed by atoms with E-state index in [4.69, 9.17) is 4.74 Å². The number of aromatic nitrogens is 2. The first-order valence-corrected chi connectivity index (χ1v) is 6.40. The number of fused-ring (bicyclic) bond motifs is 2. The van der Waals surface area contributed by atoms with E-state index in [1.54, 1.807) is 6.20 Å². The van der Waals surface area contributed by atoms with Crippen LogP contribution < -0.4 is 0 Å². The third kappa shape index (κ3) is 1.62. The summed E-state index contributed by atoms with van der Waals surface area (Å²) >= 11 is 0. The molecule has 1 aliphatic rings. The maximum atomic E-state index is 9.92. The molecular formula is C16H12N2O2. The minimum Gasteiger partial charge on any atom is -0.460 e. The van der Waals surface area contributed by atoms with Gasteiger partial charge in [-0.1, -0.05) is 24.3 Å². The van der Waals surface area contributed by atoms with Gasteiger partial charge in [-0.3, -0.25) is 0 Å². The summed E-state index contributed by atoms with van der Waals surface area (Å²) < 4.78 is 7.49. The lowest BCUT2D eigenvalue weighted by atomic mass is 10.1. The van der Waals surface area contributed by atoms with Gasteiger partial charge < -0.3 is 14.2 Å². The number of nitrogens with zero attached hydrogens (tertiary/aromatic N) is 2. The maximum absolute atomic E-state index is 9.92. The van der Waals surface area contributed by atoms with E-state index >= 15 is 0 Å². The van der Waals surface area contributed by atoms with Crippen LogP contribution in [0.1, 0.15) is 23.0 Å².